The van der Waals surface area contributed by atoms with Crippen LogP contribution >= 0.6 is 11.8 Å². The predicted molar refractivity (Wildman–Crippen MR) is 77.9 cm³/mol. The maximum absolute atomic E-state index is 8.83. The smallest absolute Gasteiger partial charge is 0.168 e. The van der Waals surface area contributed by atoms with E-state index in [0.29, 0.717) is 18.2 Å². The summed E-state index contributed by atoms with van der Waals surface area (Å²) in [4.78, 5) is 4.38. The lowest BCUT2D eigenvalue weighted by Crippen LogP contribution is -2.02. The molecule has 0 amide bonds. The number of aromatic nitrogens is 2. The van der Waals surface area contributed by atoms with Crippen molar-refractivity contribution in [3.05, 3.63) is 42.2 Å². The molecule has 0 radical (unpaired) electrons. The van der Waals surface area contributed by atoms with E-state index in [2.05, 4.69) is 21.8 Å². The van der Waals surface area contributed by atoms with Gasteiger partial charge in [0.05, 0.1) is 18.2 Å². The van der Waals surface area contributed by atoms with Crippen molar-refractivity contribution < 1.29 is 4.74 Å². The van der Waals surface area contributed by atoms with Crippen LogP contribution in [0.1, 0.15) is 24.4 Å². The molecule has 20 heavy (non-hydrogen) atoms. The van der Waals surface area contributed by atoms with Crippen LogP contribution in [0.25, 0.3) is 0 Å². The van der Waals surface area contributed by atoms with Crippen molar-refractivity contribution in [1.82, 2.24) is 9.55 Å². The van der Waals surface area contributed by atoms with Crippen LogP contribution in [0.5, 0.6) is 5.75 Å². The lowest BCUT2D eigenvalue weighted by Gasteiger charge is -2.07. The molecular weight excluding hydrogens is 270 g/mol. The average Bonchev–Trinajstić information content (AvgIpc) is 3.23. The third-order valence-electron chi connectivity index (χ3n) is 3.12. The molecule has 0 spiro atoms. The summed E-state index contributed by atoms with van der Waals surface area (Å²) < 4.78 is 7.90. The normalized spacial score (nSPS) is 13.9. The molecule has 5 heteroatoms. The number of rotatable bonds is 6. The first-order valence-electron chi connectivity index (χ1n) is 6.65. The molecular formula is C15H15N3OS. The number of nitriles is 1. The first-order chi connectivity index (χ1) is 9.86. The summed E-state index contributed by atoms with van der Waals surface area (Å²) >= 11 is 1.71. The number of hydrogen-bond donors (Lipinski definition) is 0. The fraction of sp³-hybridized carbons (Fsp3) is 0.333. The summed E-state index contributed by atoms with van der Waals surface area (Å²) in [5.74, 6) is 1.59. The van der Waals surface area contributed by atoms with Gasteiger partial charge in [-0.05, 0) is 31.0 Å². The van der Waals surface area contributed by atoms with Crippen molar-refractivity contribution in [3.8, 4) is 11.8 Å². The molecule has 2 aromatic rings. The van der Waals surface area contributed by atoms with Gasteiger partial charge >= 0.3 is 0 Å². The summed E-state index contributed by atoms with van der Waals surface area (Å²) in [5.41, 5.74) is 0.624. The first kappa shape index (κ1) is 13.1. The fourth-order valence-corrected chi connectivity index (χ4v) is 2.83. The highest BCUT2D eigenvalue weighted by Gasteiger charge is 2.25. The third kappa shape index (κ3) is 3.14. The topological polar surface area (TPSA) is 50.8 Å². The molecule has 1 aliphatic carbocycles. The van der Waals surface area contributed by atoms with Crippen LogP contribution in [0.2, 0.25) is 0 Å². The maximum atomic E-state index is 8.83. The van der Waals surface area contributed by atoms with Crippen molar-refractivity contribution in [2.45, 2.75) is 24.0 Å². The van der Waals surface area contributed by atoms with E-state index in [0.717, 1.165) is 16.7 Å². The Labute approximate surface area is 122 Å². The number of benzene rings is 1. The molecule has 0 N–H and O–H groups in total. The summed E-state index contributed by atoms with van der Waals surface area (Å²) in [6.07, 6.45) is 6.44. The first-order valence-corrected chi connectivity index (χ1v) is 7.64. The minimum Gasteiger partial charge on any atom is -0.493 e. The largest absolute Gasteiger partial charge is 0.493 e. The third-order valence-corrected chi connectivity index (χ3v) is 4.06. The Balaban J connectivity index is 1.48. The van der Waals surface area contributed by atoms with Gasteiger partial charge in [0.15, 0.2) is 5.16 Å². The SMILES string of the molecule is N#Cc1cccc(OCCSc2nccn2C2CC2)c1. The van der Waals surface area contributed by atoms with Crippen molar-refractivity contribution in [2.75, 3.05) is 12.4 Å². The van der Waals surface area contributed by atoms with Gasteiger partial charge in [-0.25, -0.2) is 4.98 Å². The molecule has 0 bridgehead atoms. The minimum atomic E-state index is 0.608. The highest BCUT2D eigenvalue weighted by Crippen LogP contribution is 2.37. The Kier molecular flexibility index (Phi) is 3.93. The van der Waals surface area contributed by atoms with Crippen molar-refractivity contribution in [1.29, 1.82) is 5.26 Å². The molecule has 0 saturated heterocycles. The zero-order valence-electron chi connectivity index (χ0n) is 11.0. The van der Waals surface area contributed by atoms with Gasteiger partial charge in [-0.1, -0.05) is 17.8 Å². The van der Waals surface area contributed by atoms with Gasteiger partial charge in [0, 0.05) is 24.2 Å². The molecule has 1 fully saturated rings. The van der Waals surface area contributed by atoms with E-state index in [1.54, 1.807) is 23.9 Å². The van der Waals surface area contributed by atoms with Crippen molar-refractivity contribution >= 4 is 11.8 Å². The van der Waals surface area contributed by atoms with Gasteiger partial charge < -0.3 is 9.30 Å². The highest BCUT2D eigenvalue weighted by atomic mass is 32.2. The van der Waals surface area contributed by atoms with Crippen LogP contribution in [0.15, 0.2) is 41.8 Å². The lowest BCUT2D eigenvalue weighted by molar-refractivity contribution is 0.343. The Morgan fingerprint density at radius 2 is 2.35 bits per heavy atom. The molecule has 0 unspecified atom stereocenters. The van der Waals surface area contributed by atoms with Crippen LogP contribution in [0.4, 0.5) is 0 Å². The number of hydrogen-bond acceptors (Lipinski definition) is 4. The summed E-state index contributed by atoms with van der Waals surface area (Å²) in [6.45, 7) is 0.608. The zero-order chi connectivity index (χ0) is 13.8. The quantitative estimate of drug-likeness (QED) is 0.604. The Hall–Kier alpha value is -1.93. The molecule has 1 saturated carbocycles. The minimum absolute atomic E-state index is 0.608. The van der Waals surface area contributed by atoms with Gasteiger partial charge in [0.2, 0.25) is 0 Å². The molecule has 1 heterocycles. The van der Waals surface area contributed by atoms with E-state index < -0.39 is 0 Å². The number of imidazole rings is 1. The second-order valence-electron chi connectivity index (χ2n) is 4.68. The van der Waals surface area contributed by atoms with Crippen LogP contribution in [0.3, 0.4) is 0 Å². The number of ether oxygens (including phenoxy) is 1. The van der Waals surface area contributed by atoms with E-state index in [-0.39, 0.29) is 0 Å². The van der Waals surface area contributed by atoms with E-state index in [1.807, 2.05) is 18.3 Å². The number of thioether (sulfide) groups is 1. The molecule has 1 aromatic carbocycles. The summed E-state index contributed by atoms with van der Waals surface area (Å²) in [7, 11) is 0. The van der Waals surface area contributed by atoms with Gasteiger partial charge in [0.1, 0.15) is 5.75 Å². The Morgan fingerprint density at radius 3 is 3.15 bits per heavy atom. The van der Waals surface area contributed by atoms with Crippen molar-refractivity contribution in [2.24, 2.45) is 0 Å². The van der Waals surface area contributed by atoms with Crippen molar-refractivity contribution in [3.63, 3.8) is 0 Å². The second-order valence-corrected chi connectivity index (χ2v) is 5.75. The van der Waals surface area contributed by atoms with E-state index in [9.17, 15) is 0 Å². The van der Waals surface area contributed by atoms with Gasteiger partial charge in [-0.3, -0.25) is 0 Å². The highest BCUT2D eigenvalue weighted by molar-refractivity contribution is 7.99. The molecule has 4 nitrogen and oxygen atoms in total. The zero-order valence-corrected chi connectivity index (χ0v) is 11.8. The summed E-state index contributed by atoms with van der Waals surface area (Å²) in [5, 5.41) is 9.90. The molecule has 0 aliphatic heterocycles. The molecule has 1 aliphatic rings. The van der Waals surface area contributed by atoms with Crippen LogP contribution in [-0.4, -0.2) is 21.9 Å². The fourth-order valence-electron chi connectivity index (χ4n) is 1.99. The van der Waals surface area contributed by atoms with Gasteiger partial charge in [0.25, 0.3) is 0 Å². The lowest BCUT2D eigenvalue weighted by atomic mass is 10.2. The van der Waals surface area contributed by atoms with Gasteiger partial charge in [-0.15, -0.1) is 0 Å². The van der Waals surface area contributed by atoms with Crippen LogP contribution in [0, 0.1) is 11.3 Å². The van der Waals surface area contributed by atoms with E-state index in [1.165, 1.54) is 12.8 Å². The molecule has 1 aromatic heterocycles. The van der Waals surface area contributed by atoms with Crippen LogP contribution < -0.4 is 4.74 Å². The second kappa shape index (κ2) is 6.02. The number of nitrogens with zero attached hydrogens (tertiary/aromatic N) is 3. The Bertz CT molecular complexity index is 628. The maximum Gasteiger partial charge on any atom is 0.168 e. The Morgan fingerprint density at radius 1 is 1.45 bits per heavy atom. The predicted octanol–water partition coefficient (Wildman–Crippen LogP) is 3.26. The molecule has 0 atom stereocenters. The summed E-state index contributed by atoms with van der Waals surface area (Å²) in [6, 6.07) is 10.0. The molecule has 3 rings (SSSR count). The monoisotopic (exact) mass is 285 g/mol. The van der Waals surface area contributed by atoms with E-state index >= 15 is 0 Å². The average molecular weight is 285 g/mol. The standard InChI is InChI=1S/C15H15N3OS/c16-11-12-2-1-3-14(10-12)19-8-9-20-15-17-6-7-18(15)13-4-5-13/h1-3,6-7,10,13H,4-5,8-9H2. The van der Waals surface area contributed by atoms with E-state index in [4.69, 9.17) is 10.00 Å². The molecule has 102 valence electrons. The van der Waals surface area contributed by atoms with Crippen LogP contribution in [-0.2, 0) is 0 Å². The van der Waals surface area contributed by atoms with Gasteiger partial charge in [-0.2, -0.15) is 5.26 Å².